The summed E-state index contributed by atoms with van der Waals surface area (Å²) in [6.45, 7) is 3.31. The number of anilines is 1. The first-order valence-corrected chi connectivity index (χ1v) is 7.89. The van der Waals surface area contributed by atoms with Crippen LogP contribution in [0.5, 0.6) is 6.01 Å². The summed E-state index contributed by atoms with van der Waals surface area (Å²) in [5, 5.41) is 18.1. The van der Waals surface area contributed by atoms with Crippen molar-refractivity contribution in [2.45, 2.75) is 13.0 Å². The van der Waals surface area contributed by atoms with Crippen LogP contribution in [0.3, 0.4) is 0 Å². The Labute approximate surface area is 144 Å². The van der Waals surface area contributed by atoms with Crippen molar-refractivity contribution in [3.63, 3.8) is 0 Å². The number of carbonyl (C=O) groups is 1. The largest absolute Gasteiger partial charge is 0.467 e. The molecule has 0 saturated carbocycles. The molecule has 1 fully saturated rings. The second kappa shape index (κ2) is 6.56. The molecule has 0 spiro atoms. The number of benzene rings is 1. The molecule has 1 amide bonds. The summed E-state index contributed by atoms with van der Waals surface area (Å²) >= 11 is 5.96. The molecule has 0 radical (unpaired) electrons. The van der Waals surface area contributed by atoms with Crippen LogP contribution in [0, 0.1) is 0 Å². The molecule has 1 aliphatic rings. The Hall–Kier alpha value is -2.48. The van der Waals surface area contributed by atoms with Gasteiger partial charge in [-0.05, 0) is 31.2 Å². The van der Waals surface area contributed by atoms with Gasteiger partial charge in [0.15, 0.2) is 0 Å². The van der Waals surface area contributed by atoms with E-state index in [-0.39, 0.29) is 6.04 Å². The van der Waals surface area contributed by atoms with E-state index in [0.717, 1.165) is 5.69 Å². The maximum absolute atomic E-state index is 11.2. The summed E-state index contributed by atoms with van der Waals surface area (Å²) in [6, 6.07) is 7.61. The first kappa shape index (κ1) is 16.4. The minimum absolute atomic E-state index is 0.0326. The molecule has 1 unspecified atom stereocenters. The van der Waals surface area contributed by atoms with Crippen LogP contribution in [0.2, 0.25) is 5.02 Å². The van der Waals surface area contributed by atoms with Gasteiger partial charge in [0.25, 0.3) is 0 Å². The lowest BCUT2D eigenvalue weighted by Gasteiger charge is -2.38. The van der Waals surface area contributed by atoms with E-state index in [9.17, 15) is 4.79 Å². The molecule has 1 aliphatic heterocycles. The fourth-order valence-corrected chi connectivity index (χ4v) is 2.95. The summed E-state index contributed by atoms with van der Waals surface area (Å²) in [7, 11) is 1.53. The molecular formula is C15H18ClN5O3. The summed E-state index contributed by atoms with van der Waals surface area (Å²) < 4.78 is 7.12. The van der Waals surface area contributed by atoms with E-state index in [1.807, 2.05) is 24.0 Å². The van der Waals surface area contributed by atoms with E-state index in [1.54, 1.807) is 16.7 Å². The van der Waals surface area contributed by atoms with Gasteiger partial charge in [0.05, 0.1) is 12.8 Å². The third kappa shape index (κ3) is 2.96. The molecule has 2 heterocycles. The van der Waals surface area contributed by atoms with Crippen LogP contribution in [-0.2, 0) is 0 Å². The third-order valence-electron chi connectivity index (χ3n) is 4.04. The number of methoxy groups -OCH3 is 1. The number of aromatic nitrogens is 3. The van der Waals surface area contributed by atoms with Crippen molar-refractivity contribution in [3.05, 3.63) is 29.3 Å². The normalized spacial score (nSPS) is 17.9. The Kier molecular flexibility index (Phi) is 4.48. The standard InChI is InChI=1S/C15H18ClN5O3/c1-10-9-19(15(22)23)7-8-20(10)13-17-18-14(24-2)21(13)12-5-3-11(16)4-6-12/h3-6,10H,7-9H2,1-2H3,(H,22,23). The quantitative estimate of drug-likeness (QED) is 0.911. The second-order valence-electron chi connectivity index (χ2n) is 5.57. The Morgan fingerprint density at radius 3 is 2.58 bits per heavy atom. The topological polar surface area (TPSA) is 83.7 Å². The predicted molar refractivity (Wildman–Crippen MR) is 89.3 cm³/mol. The number of rotatable bonds is 3. The number of piperazine rings is 1. The van der Waals surface area contributed by atoms with Crippen LogP contribution in [0.1, 0.15) is 6.92 Å². The minimum Gasteiger partial charge on any atom is -0.467 e. The molecule has 1 atom stereocenters. The fraction of sp³-hybridized carbons (Fsp3) is 0.400. The molecule has 24 heavy (non-hydrogen) atoms. The Bertz CT molecular complexity index is 733. The van der Waals surface area contributed by atoms with Gasteiger partial charge in [-0.25, -0.2) is 9.36 Å². The highest BCUT2D eigenvalue weighted by molar-refractivity contribution is 6.30. The predicted octanol–water partition coefficient (Wildman–Crippen LogP) is 2.12. The van der Waals surface area contributed by atoms with Crippen LogP contribution in [0.4, 0.5) is 10.7 Å². The Morgan fingerprint density at radius 1 is 1.29 bits per heavy atom. The van der Waals surface area contributed by atoms with Gasteiger partial charge in [-0.15, -0.1) is 5.10 Å². The first-order valence-electron chi connectivity index (χ1n) is 7.51. The molecule has 0 bridgehead atoms. The van der Waals surface area contributed by atoms with Gasteiger partial charge in [-0.3, -0.25) is 0 Å². The lowest BCUT2D eigenvalue weighted by molar-refractivity contribution is 0.136. The Balaban J connectivity index is 1.96. The van der Waals surface area contributed by atoms with Crippen molar-refractivity contribution in [3.8, 4) is 11.7 Å². The molecule has 8 nitrogen and oxygen atoms in total. The molecule has 2 aromatic rings. The number of halogens is 1. The van der Waals surface area contributed by atoms with Gasteiger partial charge in [0.2, 0.25) is 5.95 Å². The zero-order valence-electron chi connectivity index (χ0n) is 13.4. The molecule has 128 valence electrons. The molecule has 1 aromatic heterocycles. The summed E-state index contributed by atoms with van der Waals surface area (Å²) in [6.07, 6.45) is -0.904. The van der Waals surface area contributed by atoms with Crippen molar-refractivity contribution in [1.29, 1.82) is 0 Å². The number of hydrogen-bond donors (Lipinski definition) is 1. The molecule has 3 rings (SSSR count). The average Bonchev–Trinajstić information content (AvgIpc) is 2.99. The van der Waals surface area contributed by atoms with Crippen LogP contribution < -0.4 is 9.64 Å². The van der Waals surface area contributed by atoms with Gasteiger partial charge in [0, 0.05) is 30.7 Å². The van der Waals surface area contributed by atoms with Crippen molar-refractivity contribution in [1.82, 2.24) is 19.7 Å². The SMILES string of the molecule is COc1nnc(N2CCN(C(=O)O)CC2C)n1-c1ccc(Cl)cc1. The fourth-order valence-electron chi connectivity index (χ4n) is 2.83. The number of hydrogen-bond acceptors (Lipinski definition) is 5. The maximum atomic E-state index is 11.2. The second-order valence-corrected chi connectivity index (χ2v) is 6.01. The number of amides is 1. The number of carboxylic acid groups (broad SMARTS) is 1. The van der Waals surface area contributed by atoms with Crippen molar-refractivity contribution in [2.75, 3.05) is 31.6 Å². The highest BCUT2D eigenvalue weighted by Gasteiger charge is 2.30. The summed E-state index contributed by atoms with van der Waals surface area (Å²) in [4.78, 5) is 14.6. The smallest absolute Gasteiger partial charge is 0.407 e. The lowest BCUT2D eigenvalue weighted by atomic mass is 10.2. The highest BCUT2D eigenvalue weighted by Crippen LogP contribution is 2.27. The van der Waals surface area contributed by atoms with Gasteiger partial charge in [-0.1, -0.05) is 16.7 Å². The molecule has 1 saturated heterocycles. The van der Waals surface area contributed by atoms with Crippen molar-refractivity contribution >= 4 is 23.6 Å². The van der Waals surface area contributed by atoms with E-state index in [0.29, 0.717) is 36.6 Å². The van der Waals surface area contributed by atoms with Crippen LogP contribution >= 0.6 is 11.6 Å². The van der Waals surface area contributed by atoms with Crippen LogP contribution in [-0.4, -0.2) is 63.7 Å². The van der Waals surface area contributed by atoms with E-state index in [2.05, 4.69) is 10.2 Å². The minimum atomic E-state index is -0.904. The monoisotopic (exact) mass is 351 g/mol. The zero-order valence-corrected chi connectivity index (χ0v) is 14.1. The van der Waals surface area contributed by atoms with E-state index >= 15 is 0 Å². The van der Waals surface area contributed by atoms with Gasteiger partial charge < -0.3 is 19.6 Å². The highest BCUT2D eigenvalue weighted by atomic mass is 35.5. The first-order chi connectivity index (χ1) is 11.5. The van der Waals surface area contributed by atoms with E-state index in [4.69, 9.17) is 21.4 Å². The van der Waals surface area contributed by atoms with Crippen LogP contribution in [0.25, 0.3) is 5.69 Å². The van der Waals surface area contributed by atoms with E-state index in [1.165, 1.54) is 12.0 Å². The molecule has 0 aliphatic carbocycles. The Morgan fingerprint density at radius 2 is 2.00 bits per heavy atom. The van der Waals surface area contributed by atoms with Gasteiger partial charge in [0.1, 0.15) is 0 Å². The number of nitrogens with zero attached hydrogens (tertiary/aromatic N) is 5. The summed E-state index contributed by atoms with van der Waals surface area (Å²) in [5.74, 6) is 0.617. The van der Waals surface area contributed by atoms with Gasteiger partial charge in [-0.2, -0.15) is 0 Å². The summed E-state index contributed by atoms with van der Waals surface area (Å²) in [5.41, 5.74) is 0.823. The van der Waals surface area contributed by atoms with Crippen molar-refractivity contribution < 1.29 is 14.6 Å². The third-order valence-corrected chi connectivity index (χ3v) is 4.29. The molecular weight excluding hydrogens is 334 g/mol. The lowest BCUT2D eigenvalue weighted by Crippen LogP contribution is -2.54. The maximum Gasteiger partial charge on any atom is 0.407 e. The molecule has 1 aromatic carbocycles. The van der Waals surface area contributed by atoms with E-state index < -0.39 is 6.09 Å². The zero-order chi connectivity index (χ0) is 17.3. The van der Waals surface area contributed by atoms with Crippen LogP contribution in [0.15, 0.2) is 24.3 Å². The molecule has 1 N–H and O–H groups in total. The van der Waals surface area contributed by atoms with Gasteiger partial charge >= 0.3 is 12.1 Å². The number of ether oxygens (including phenoxy) is 1. The average molecular weight is 352 g/mol. The van der Waals surface area contributed by atoms with Crippen molar-refractivity contribution in [2.24, 2.45) is 0 Å². The molecule has 9 heteroatoms.